The summed E-state index contributed by atoms with van der Waals surface area (Å²) in [5.41, 5.74) is -3.60. The van der Waals surface area contributed by atoms with Crippen LogP contribution in [0.3, 0.4) is 0 Å². The molecule has 0 aromatic rings. The lowest BCUT2D eigenvalue weighted by molar-refractivity contribution is -0.147. The second-order valence-corrected chi connectivity index (χ2v) is 13.6. The molecule has 0 spiro atoms. The molecule has 4 aliphatic carbocycles. The average molecular weight is 515 g/mol. The molecule has 4 aliphatic rings. The van der Waals surface area contributed by atoms with Crippen LogP contribution in [-0.2, 0) is 19.2 Å². The fourth-order valence-corrected chi connectivity index (χ4v) is 8.70. The molecule has 7 unspecified atom stereocenters. The Labute approximate surface area is 219 Å². The van der Waals surface area contributed by atoms with Crippen LogP contribution in [0.15, 0.2) is 22.8 Å². The number of hydrogen-bond donors (Lipinski definition) is 3. The van der Waals surface area contributed by atoms with Gasteiger partial charge in [-0.1, -0.05) is 33.8 Å². The highest BCUT2D eigenvalue weighted by Crippen LogP contribution is 2.70. The molecule has 204 valence electrons. The third kappa shape index (κ3) is 3.67. The van der Waals surface area contributed by atoms with Crippen molar-refractivity contribution in [3.05, 3.63) is 22.8 Å². The summed E-state index contributed by atoms with van der Waals surface area (Å²) in [7, 11) is 0. The third-order valence-electron chi connectivity index (χ3n) is 11.3. The van der Waals surface area contributed by atoms with Crippen molar-refractivity contribution < 1.29 is 34.5 Å². The minimum absolute atomic E-state index is 0.0588. The maximum atomic E-state index is 14.0. The standard InChI is InChI=1S/C30H42O7/c1-16(25(35)36)9-8-11-29(6,37)20-14-22(34)30(7)24-17(31)13-19-26(2,3)21(33)10-12-27(19,4)23(24)18(32)15-28(20,30)5/h9,19-21,33,37H,8,10-15H2,1-7H3,(H,35,36). The lowest BCUT2D eigenvalue weighted by atomic mass is 9.42. The number of carboxylic acids is 1. The van der Waals surface area contributed by atoms with Gasteiger partial charge in [0.1, 0.15) is 5.78 Å². The molecule has 0 aromatic heterocycles. The van der Waals surface area contributed by atoms with Gasteiger partial charge in [0.15, 0.2) is 11.6 Å². The van der Waals surface area contributed by atoms with E-state index in [1.807, 2.05) is 27.7 Å². The van der Waals surface area contributed by atoms with Crippen LogP contribution in [0.1, 0.15) is 93.4 Å². The number of fused-ring (bicyclic) bond motifs is 4. The van der Waals surface area contributed by atoms with Crippen LogP contribution in [0, 0.1) is 33.5 Å². The Hall–Kier alpha value is -2.12. The van der Waals surface area contributed by atoms with Gasteiger partial charge in [0, 0.05) is 47.3 Å². The van der Waals surface area contributed by atoms with E-state index in [2.05, 4.69) is 0 Å². The second kappa shape index (κ2) is 8.44. The van der Waals surface area contributed by atoms with Gasteiger partial charge in [-0.2, -0.15) is 0 Å². The van der Waals surface area contributed by atoms with Crippen LogP contribution in [0.4, 0.5) is 0 Å². The summed E-state index contributed by atoms with van der Waals surface area (Å²) in [5.74, 6) is -2.21. The molecular weight excluding hydrogens is 472 g/mol. The van der Waals surface area contributed by atoms with Crippen molar-refractivity contribution in [2.24, 2.45) is 33.5 Å². The largest absolute Gasteiger partial charge is 0.478 e. The van der Waals surface area contributed by atoms with E-state index in [4.69, 9.17) is 5.11 Å². The van der Waals surface area contributed by atoms with Crippen LogP contribution in [0.25, 0.3) is 0 Å². The molecule has 0 amide bonds. The number of carbonyl (C=O) groups excluding carboxylic acids is 3. The van der Waals surface area contributed by atoms with E-state index in [0.29, 0.717) is 30.4 Å². The smallest absolute Gasteiger partial charge is 0.330 e. The molecule has 0 aromatic carbocycles. The minimum atomic E-state index is -1.34. The van der Waals surface area contributed by atoms with Crippen LogP contribution in [0.5, 0.6) is 0 Å². The zero-order valence-electron chi connectivity index (χ0n) is 23.2. The zero-order valence-corrected chi connectivity index (χ0v) is 23.2. The van der Waals surface area contributed by atoms with Gasteiger partial charge in [0.25, 0.3) is 0 Å². The lowest BCUT2D eigenvalue weighted by Gasteiger charge is -2.60. The van der Waals surface area contributed by atoms with Crippen molar-refractivity contribution in [3.63, 3.8) is 0 Å². The van der Waals surface area contributed by atoms with Crippen LogP contribution in [-0.4, -0.2) is 50.3 Å². The number of rotatable bonds is 5. The number of carbonyl (C=O) groups is 4. The molecule has 4 rings (SSSR count). The Morgan fingerprint density at radius 2 is 1.68 bits per heavy atom. The quantitative estimate of drug-likeness (QED) is 0.469. The van der Waals surface area contributed by atoms with E-state index < -0.39 is 45.3 Å². The first-order valence-electron chi connectivity index (χ1n) is 13.5. The van der Waals surface area contributed by atoms with E-state index >= 15 is 0 Å². The number of hydrogen-bond acceptors (Lipinski definition) is 6. The fourth-order valence-electron chi connectivity index (χ4n) is 8.70. The van der Waals surface area contributed by atoms with Crippen molar-refractivity contribution in [1.29, 1.82) is 0 Å². The molecule has 0 aliphatic heterocycles. The molecule has 0 bridgehead atoms. The van der Waals surface area contributed by atoms with Gasteiger partial charge in [-0.15, -0.1) is 0 Å². The molecule has 7 nitrogen and oxygen atoms in total. The number of aliphatic carboxylic acids is 1. The van der Waals surface area contributed by atoms with Crippen LogP contribution in [0.2, 0.25) is 0 Å². The van der Waals surface area contributed by atoms with Crippen LogP contribution >= 0.6 is 0 Å². The Bertz CT molecular complexity index is 1140. The predicted octanol–water partition coefficient (Wildman–Crippen LogP) is 4.20. The lowest BCUT2D eigenvalue weighted by Crippen LogP contribution is -2.60. The Balaban J connectivity index is 1.80. The zero-order chi connectivity index (χ0) is 27.9. The van der Waals surface area contributed by atoms with Crippen molar-refractivity contribution in [2.45, 2.75) is 105 Å². The molecule has 3 N–H and O–H groups in total. The second-order valence-electron chi connectivity index (χ2n) is 13.6. The summed E-state index contributed by atoms with van der Waals surface area (Å²) in [6.07, 6.45) is 2.98. The minimum Gasteiger partial charge on any atom is -0.478 e. The summed E-state index contributed by atoms with van der Waals surface area (Å²) in [5, 5.41) is 31.5. The number of carboxylic acid groups (broad SMARTS) is 1. The number of aliphatic hydroxyl groups excluding tert-OH is 1. The number of aliphatic hydroxyl groups is 2. The molecular formula is C30H42O7. The summed E-state index contributed by atoms with van der Waals surface area (Å²) in [6.45, 7) is 12.8. The number of ketones is 3. The molecule has 37 heavy (non-hydrogen) atoms. The maximum Gasteiger partial charge on any atom is 0.330 e. The fraction of sp³-hybridized carbons (Fsp3) is 0.733. The Morgan fingerprint density at radius 3 is 2.27 bits per heavy atom. The van der Waals surface area contributed by atoms with E-state index in [1.54, 1.807) is 19.9 Å². The Morgan fingerprint density at radius 1 is 1.05 bits per heavy atom. The third-order valence-corrected chi connectivity index (χ3v) is 11.3. The predicted molar refractivity (Wildman–Crippen MR) is 137 cm³/mol. The van der Waals surface area contributed by atoms with Gasteiger partial charge >= 0.3 is 5.97 Å². The van der Waals surface area contributed by atoms with Gasteiger partial charge in [-0.3, -0.25) is 14.4 Å². The van der Waals surface area contributed by atoms with Gasteiger partial charge in [0.05, 0.1) is 17.1 Å². The first kappa shape index (κ1) is 27.9. The van der Waals surface area contributed by atoms with Gasteiger partial charge in [-0.25, -0.2) is 4.79 Å². The molecule has 0 radical (unpaired) electrons. The summed E-state index contributed by atoms with van der Waals surface area (Å²) < 4.78 is 0. The summed E-state index contributed by atoms with van der Waals surface area (Å²) >= 11 is 0. The highest BCUT2D eigenvalue weighted by atomic mass is 16.4. The molecule has 0 heterocycles. The van der Waals surface area contributed by atoms with E-state index in [1.165, 1.54) is 6.92 Å². The number of Topliss-reactive ketones (excluding diaryl/α,β-unsaturated/α-hetero) is 3. The molecule has 2 saturated carbocycles. The summed E-state index contributed by atoms with van der Waals surface area (Å²) in [4.78, 5) is 53.0. The maximum absolute atomic E-state index is 14.0. The van der Waals surface area contributed by atoms with E-state index in [9.17, 15) is 29.4 Å². The first-order valence-corrected chi connectivity index (χ1v) is 13.5. The summed E-state index contributed by atoms with van der Waals surface area (Å²) in [6, 6.07) is 0. The monoisotopic (exact) mass is 514 g/mol. The van der Waals surface area contributed by atoms with Crippen molar-refractivity contribution in [3.8, 4) is 0 Å². The van der Waals surface area contributed by atoms with Crippen molar-refractivity contribution >= 4 is 23.3 Å². The molecule has 2 fully saturated rings. The SMILES string of the molecule is CC(=CCCC(C)(O)C1CC(=O)C2(C)C3=C(C(=O)CC12C)C1(C)CCC(O)C(C)(C)C1CC3=O)C(=O)O. The van der Waals surface area contributed by atoms with Crippen molar-refractivity contribution in [1.82, 2.24) is 0 Å². The van der Waals surface area contributed by atoms with Gasteiger partial charge in [-0.05, 0) is 63.2 Å². The molecule has 7 atom stereocenters. The van der Waals surface area contributed by atoms with Crippen LogP contribution < -0.4 is 0 Å². The molecule has 7 heteroatoms. The average Bonchev–Trinajstić information content (AvgIpc) is 2.99. The van der Waals surface area contributed by atoms with Crippen molar-refractivity contribution in [2.75, 3.05) is 0 Å². The van der Waals surface area contributed by atoms with E-state index in [-0.39, 0.29) is 54.5 Å². The topological polar surface area (TPSA) is 129 Å². The highest BCUT2D eigenvalue weighted by Gasteiger charge is 2.71. The number of allylic oxidation sites excluding steroid dienone is 3. The van der Waals surface area contributed by atoms with Gasteiger partial charge < -0.3 is 15.3 Å². The molecule has 0 saturated heterocycles. The first-order chi connectivity index (χ1) is 16.9. The Kier molecular flexibility index (Phi) is 6.36. The normalized spacial score (nSPS) is 41.2. The van der Waals surface area contributed by atoms with E-state index in [0.717, 1.165) is 0 Å². The van der Waals surface area contributed by atoms with Gasteiger partial charge in [0.2, 0.25) is 0 Å². The highest BCUT2D eigenvalue weighted by molar-refractivity contribution is 6.16.